The van der Waals surface area contributed by atoms with Crippen molar-refractivity contribution in [2.75, 3.05) is 19.6 Å². The van der Waals surface area contributed by atoms with Gasteiger partial charge in [0, 0.05) is 0 Å². The van der Waals surface area contributed by atoms with Crippen molar-refractivity contribution >= 4 is 0 Å². The van der Waals surface area contributed by atoms with E-state index in [1.54, 1.807) is 0 Å². The van der Waals surface area contributed by atoms with Crippen LogP contribution >= 0.6 is 0 Å². The third kappa shape index (κ3) is 4.08. The molecular weight excluding hydrogens is 174 g/mol. The number of hydrogen-bond acceptors (Lipinski definition) is 3. The van der Waals surface area contributed by atoms with Crippen molar-refractivity contribution in [3.8, 4) is 6.07 Å². The zero-order valence-electron chi connectivity index (χ0n) is 9.13. The predicted molar refractivity (Wildman–Crippen MR) is 57.7 cm³/mol. The van der Waals surface area contributed by atoms with E-state index >= 15 is 0 Å². The summed E-state index contributed by atoms with van der Waals surface area (Å²) >= 11 is 0. The minimum absolute atomic E-state index is 0.629. The van der Waals surface area contributed by atoms with Gasteiger partial charge in [-0.3, -0.25) is 0 Å². The van der Waals surface area contributed by atoms with Crippen LogP contribution in [0.15, 0.2) is 0 Å². The predicted octanol–water partition coefficient (Wildman–Crippen LogP) is 1.49. The number of nitrogens with two attached hydrogens (primary N) is 1. The van der Waals surface area contributed by atoms with Crippen molar-refractivity contribution in [1.82, 2.24) is 4.90 Å². The summed E-state index contributed by atoms with van der Waals surface area (Å²) in [7, 11) is 0. The van der Waals surface area contributed by atoms with Gasteiger partial charge in [0.15, 0.2) is 0 Å². The normalized spacial score (nSPS) is 22.6. The average Bonchev–Trinajstić information content (AvgIpc) is 2.19. The second-order valence-electron chi connectivity index (χ2n) is 4.54. The number of hydrogen-bond donors (Lipinski definition) is 1. The van der Waals surface area contributed by atoms with E-state index in [-0.39, 0.29) is 0 Å². The average molecular weight is 195 g/mol. The number of piperidine rings is 1. The van der Waals surface area contributed by atoms with Crippen molar-refractivity contribution in [2.45, 2.75) is 44.6 Å². The molecule has 1 unspecified atom stereocenters. The van der Waals surface area contributed by atoms with Crippen LogP contribution in [-0.4, -0.2) is 30.1 Å². The van der Waals surface area contributed by atoms with Gasteiger partial charge >= 0.3 is 0 Å². The Hall–Kier alpha value is -0.590. The molecule has 0 bridgehead atoms. The molecule has 0 aromatic heterocycles. The third-order valence-electron chi connectivity index (χ3n) is 2.87. The van der Waals surface area contributed by atoms with Gasteiger partial charge in [0.05, 0.1) is 6.07 Å². The van der Waals surface area contributed by atoms with Crippen molar-refractivity contribution in [3.05, 3.63) is 0 Å². The summed E-state index contributed by atoms with van der Waals surface area (Å²) in [4.78, 5) is 2.48. The van der Waals surface area contributed by atoms with E-state index in [1.807, 2.05) is 6.92 Å². The monoisotopic (exact) mass is 195 g/mol. The highest BCUT2D eigenvalue weighted by Gasteiger charge is 2.17. The molecule has 3 heteroatoms. The van der Waals surface area contributed by atoms with E-state index in [9.17, 15) is 0 Å². The minimum Gasteiger partial charge on any atom is -0.314 e. The molecule has 80 valence electrons. The van der Waals surface area contributed by atoms with Crippen LogP contribution in [0.1, 0.15) is 39.0 Å². The summed E-state index contributed by atoms with van der Waals surface area (Å²) < 4.78 is 0. The summed E-state index contributed by atoms with van der Waals surface area (Å²) in [6.45, 7) is 5.37. The first-order valence-corrected chi connectivity index (χ1v) is 5.56. The standard InChI is InChI=1S/C11H21N3/c1-11(13,10-12)6-5-9-14-7-3-2-4-8-14/h2-9,13H2,1H3. The molecule has 3 nitrogen and oxygen atoms in total. The molecule has 14 heavy (non-hydrogen) atoms. The molecule has 0 radical (unpaired) electrons. The molecule has 0 amide bonds. The molecule has 1 fully saturated rings. The van der Waals surface area contributed by atoms with E-state index in [1.165, 1.54) is 32.4 Å². The second-order valence-corrected chi connectivity index (χ2v) is 4.54. The molecule has 1 atom stereocenters. The van der Waals surface area contributed by atoms with Crippen LogP contribution < -0.4 is 5.73 Å². The van der Waals surface area contributed by atoms with E-state index in [0.29, 0.717) is 0 Å². The van der Waals surface area contributed by atoms with E-state index in [4.69, 9.17) is 11.0 Å². The van der Waals surface area contributed by atoms with Gasteiger partial charge in [-0.05, 0) is 52.2 Å². The van der Waals surface area contributed by atoms with Crippen molar-refractivity contribution in [2.24, 2.45) is 5.73 Å². The van der Waals surface area contributed by atoms with Gasteiger partial charge < -0.3 is 10.6 Å². The first-order valence-electron chi connectivity index (χ1n) is 5.56. The second kappa shape index (κ2) is 5.33. The molecule has 0 aromatic carbocycles. The molecule has 0 aliphatic carbocycles. The molecule has 1 heterocycles. The lowest BCUT2D eigenvalue weighted by molar-refractivity contribution is 0.221. The number of likely N-dealkylation sites (tertiary alicyclic amines) is 1. The molecular formula is C11H21N3. The highest BCUT2D eigenvalue weighted by Crippen LogP contribution is 2.12. The fourth-order valence-corrected chi connectivity index (χ4v) is 1.91. The lowest BCUT2D eigenvalue weighted by atomic mass is 9.99. The van der Waals surface area contributed by atoms with Gasteiger partial charge in [0.25, 0.3) is 0 Å². The van der Waals surface area contributed by atoms with E-state index in [0.717, 1.165) is 19.4 Å². The van der Waals surface area contributed by atoms with Crippen LogP contribution in [0.5, 0.6) is 0 Å². The molecule has 1 rings (SSSR count). The summed E-state index contributed by atoms with van der Waals surface area (Å²) in [5.41, 5.74) is 5.12. The lowest BCUT2D eigenvalue weighted by Gasteiger charge is -2.27. The van der Waals surface area contributed by atoms with Crippen LogP contribution in [0, 0.1) is 11.3 Å². The van der Waals surface area contributed by atoms with Crippen LogP contribution in [0.25, 0.3) is 0 Å². The maximum absolute atomic E-state index is 8.74. The van der Waals surface area contributed by atoms with Crippen LogP contribution in [-0.2, 0) is 0 Å². The quantitative estimate of drug-likeness (QED) is 0.739. The lowest BCUT2D eigenvalue weighted by Crippen LogP contribution is -2.36. The first kappa shape index (κ1) is 11.5. The van der Waals surface area contributed by atoms with Crippen LogP contribution in [0.4, 0.5) is 0 Å². The van der Waals surface area contributed by atoms with Gasteiger partial charge in [0.1, 0.15) is 5.54 Å². The van der Waals surface area contributed by atoms with E-state index < -0.39 is 5.54 Å². The Morgan fingerprint density at radius 2 is 2.00 bits per heavy atom. The molecule has 1 aliphatic rings. The van der Waals surface area contributed by atoms with Gasteiger partial charge in [0.2, 0.25) is 0 Å². The van der Waals surface area contributed by atoms with Crippen molar-refractivity contribution in [3.63, 3.8) is 0 Å². The van der Waals surface area contributed by atoms with Crippen molar-refractivity contribution in [1.29, 1.82) is 5.26 Å². The number of rotatable bonds is 4. The molecule has 1 aliphatic heterocycles. The van der Waals surface area contributed by atoms with Gasteiger partial charge in [-0.2, -0.15) is 5.26 Å². The highest BCUT2D eigenvalue weighted by atomic mass is 15.1. The Bertz CT molecular complexity index is 199. The Morgan fingerprint density at radius 1 is 1.36 bits per heavy atom. The largest absolute Gasteiger partial charge is 0.314 e. The molecule has 2 N–H and O–H groups in total. The van der Waals surface area contributed by atoms with Gasteiger partial charge in [-0.1, -0.05) is 6.42 Å². The fraction of sp³-hybridized carbons (Fsp3) is 0.909. The molecule has 1 saturated heterocycles. The number of nitrogens with zero attached hydrogens (tertiary/aromatic N) is 2. The smallest absolute Gasteiger partial charge is 0.101 e. The Balaban J connectivity index is 2.12. The Morgan fingerprint density at radius 3 is 2.57 bits per heavy atom. The minimum atomic E-state index is -0.629. The zero-order valence-corrected chi connectivity index (χ0v) is 9.13. The highest BCUT2D eigenvalue weighted by molar-refractivity contribution is 5.00. The van der Waals surface area contributed by atoms with Crippen LogP contribution in [0.2, 0.25) is 0 Å². The summed E-state index contributed by atoms with van der Waals surface area (Å²) in [6.07, 6.45) is 5.89. The van der Waals surface area contributed by atoms with E-state index in [2.05, 4.69) is 11.0 Å². The Labute approximate surface area is 86.9 Å². The topological polar surface area (TPSA) is 53.1 Å². The molecule has 0 saturated carbocycles. The SMILES string of the molecule is CC(N)(C#N)CCCN1CCCCC1. The third-order valence-corrected chi connectivity index (χ3v) is 2.87. The molecule has 0 spiro atoms. The Kier molecular flexibility index (Phi) is 4.37. The maximum Gasteiger partial charge on any atom is 0.101 e. The summed E-state index contributed by atoms with van der Waals surface area (Å²) in [5.74, 6) is 0. The van der Waals surface area contributed by atoms with Crippen molar-refractivity contribution < 1.29 is 0 Å². The zero-order chi connectivity index (χ0) is 10.4. The number of nitriles is 1. The van der Waals surface area contributed by atoms with Crippen LogP contribution in [0.3, 0.4) is 0 Å². The van der Waals surface area contributed by atoms with Gasteiger partial charge in [-0.15, -0.1) is 0 Å². The van der Waals surface area contributed by atoms with Gasteiger partial charge in [-0.25, -0.2) is 0 Å². The summed E-state index contributed by atoms with van der Waals surface area (Å²) in [5, 5.41) is 8.74. The first-order chi connectivity index (χ1) is 6.64. The maximum atomic E-state index is 8.74. The fourth-order valence-electron chi connectivity index (χ4n) is 1.91. The summed E-state index contributed by atoms with van der Waals surface area (Å²) in [6, 6.07) is 2.14. The molecule has 0 aromatic rings.